The minimum Gasteiger partial charge on any atom is -0.493 e. The molecule has 0 aliphatic carbocycles. The van der Waals surface area contributed by atoms with Gasteiger partial charge in [0.25, 0.3) is 0 Å². The fourth-order valence-corrected chi connectivity index (χ4v) is 2.78. The van der Waals surface area contributed by atoms with Gasteiger partial charge in [0.15, 0.2) is 11.5 Å². The van der Waals surface area contributed by atoms with Gasteiger partial charge in [0, 0.05) is 12.0 Å². The molecule has 0 aliphatic rings. The lowest BCUT2D eigenvalue weighted by molar-refractivity contribution is -0.121. The minimum atomic E-state index is -0.0400. The van der Waals surface area contributed by atoms with E-state index in [-0.39, 0.29) is 12.5 Å². The van der Waals surface area contributed by atoms with Crippen LogP contribution < -0.4 is 14.8 Å². The number of aromatic nitrogens is 2. The maximum absolute atomic E-state index is 12.0. The molecule has 1 heterocycles. The summed E-state index contributed by atoms with van der Waals surface area (Å²) in [4.78, 5) is 16.3. The molecular formula is C21H23N3O4. The molecule has 0 aliphatic heterocycles. The van der Waals surface area contributed by atoms with Crippen molar-refractivity contribution in [2.24, 2.45) is 0 Å². The number of carbonyl (C=O) groups excluding carboxylic acids is 1. The van der Waals surface area contributed by atoms with Crippen LogP contribution in [-0.2, 0) is 17.8 Å². The lowest BCUT2D eigenvalue weighted by Gasteiger charge is -2.07. The Morgan fingerprint density at radius 1 is 1.07 bits per heavy atom. The summed E-state index contributed by atoms with van der Waals surface area (Å²) >= 11 is 0. The number of rotatable bonds is 9. The summed E-state index contributed by atoms with van der Waals surface area (Å²) in [6.45, 7) is 0.199. The van der Waals surface area contributed by atoms with Crippen molar-refractivity contribution in [1.82, 2.24) is 15.5 Å². The number of carbonyl (C=O) groups is 1. The van der Waals surface area contributed by atoms with E-state index in [1.54, 1.807) is 26.4 Å². The third kappa shape index (κ3) is 5.09. The maximum Gasteiger partial charge on any atom is 0.246 e. The van der Waals surface area contributed by atoms with Crippen LogP contribution in [0.3, 0.4) is 0 Å². The number of hydrogen-bond acceptors (Lipinski definition) is 6. The van der Waals surface area contributed by atoms with Crippen LogP contribution in [0.5, 0.6) is 11.5 Å². The third-order valence-corrected chi connectivity index (χ3v) is 4.26. The summed E-state index contributed by atoms with van der Waals surface area (Å²) < 4.78 is 15.7. The Kier molecular flexibility index (Phi) is 6.62. The quantitative estimate of drug-likeness (QED) is 0.611. The largest absolute Gasteiger partial charge is 0.493 e. The number of benzene rings is 2. The SMILES string of the molecule is COc1ccc(-c2noc(CNC(=O)CCCc3ccccc3)n2)cc1OC. The second-order valence-electron chi connectivity index (χ2n) is 6.20. The highest BCUT2D eigenvalue weighted by Gasteiger charge is 2.13. The van der Waals surface area contributed by atoms with E-state index in [0.717, 1.165) is 18.4 Å². The van der Waals surface area contributed by atoms with Crippen LogP contribution in [0.25, 0.3) is 11.4 Å². The summed E-state index contributed by atoms with van der Waals surface area (Å²) in [5.41, 5.74) is 1.97. The first-order valence-electron chi connectivity index (χ1n) is 9.05. The number of methoxy groups -OCH3 is 2. The van der Waals surface area contributed by atoms with Crippen molar-refractivity contribution in [3.8, 4) is 22.9 Å². The van der Waals surface area contributed by atoms with Crippen molar-refractivity contribution in [3.05, 3.63) is 60.0 Å². The van der Waals surface area contributed by atoms with Gasteiger partial charge in [-0.25, -0.2) is 0 Å². The predicted octanol–water partition coefficient (Wildman–Crippen LogP) is 3.39. The van der Waals surface area contributed by atoms with Gasteiger partial charge in [0.1, 0.15) is 0 Å². The zero-order valence-corrected chi connectivity index (χ0v) is 16.0. The van der Waals surface area contributed by atoms with E-state index in [4.69, 9.17) is 14.0 Å². The zero-order valence-electron chi connectivity index (χ0n) is 16.0. The molecule has 28 heavy (non-hydrogen) atoms. The molecule has 7 heteroatoms. The number of nitrogens with one attached hydrogen (secondary N) is 1. The van der Waals surface area contributed by atoms with E-state index in [1.165, 1.54) is 5.56 Å². The average Bonchev–Trinajstić information content (AvgIpc) is 3.21. The van der Waals surface area contributed by atoms with E-state index in [1.807, 2.05) is 24.3 Å². The summed E-state index contributed by atoms with van der Waals surface area (Å²) in [6, 6.07) is 15.5. The zero-order chi connectivity index (χ0) is 19.8. The van der Waals surface area contributed by atoms with Gasteiger partial charge in [-0.1, -0.05) is 35.5 Å². The lowest BCUT2D eigenvalue weighted by Crippen LogP contribution is -2.22. The van der Waals surface area contributed by atoms with Gasteiger partial charge in [-0.2, -0.15) is 4.98 Å². The Bertz CT molecular complexity index is 909. The molecule has 0 fully saturated rings. The van der Waals surface area contributed by atoms with Gasteiger partial charge < -0.3 is 19.3 Å². The van der Waals surface area contributed by atoms with Crippen LogP contribution in [0.2, 0.25) is 0 Å². The standard InChI is InChI=1S/C21H23N3O4/c1-26-17-12-11-16(13-18(17)27-2)21-23-20(28-24-21)14-22-19(25)10-6-9-15-7-4-3-5-8-15/h3-5,7-8,11-13H,6,9-10,14H2,1-2H3,(H,22,25). The highest BCUT2D eigenvalue weighted by Crippen LogP contribution is 2.31. The number of nitrogens with zero attached hydrogens (tertiary/aromatic N) is 2. The molecule has 0 saturated heterocycles. The third-order valence-electron chi connectivity index (χ3n) is 4.26. The molecule has 1 N–H and O–H groups in total. The van der Waals surface area contributed by atoms with Crippen molar-refractivity contribution in [1.29, 1.82) is 0 Å². The van der Waals surface area contributed by atoms with Crippen molar-refractivity contribution in [2.45, 2.75) is 25.8 Å². The second-order valence-corrected chi connectivity index (χ2v) is 6.20. The van der Waals surface area contributed by atoms with Gasteiger partial charge in [-0.15, -0.1) is 0 Å². The molecule has 1 amide bonds. The van der Waals surface area contributed by atoms with Crippen LogP contribution in [0.1, 0.15) is 24.3 Å². The molecule has 7 nitrogen and oxygen atoms in total. The van der Waals surface area contributed by atoms with Crippen LogP contribution in [-0.4, -0.2) is 30.3 Å². The molecule has 146 valence electrons. The molecule has 0 atom stereocenters. The first-order chi connectivity index (χ1) is 13.7. The Balaban J connectivity index is 1.50. The van der Waals surface area contributed by atoms with Gasteiger partial charge in [0.2, 0.25) is 17.6 Å². The Labute approximate surface area is 163 Å². The highest BCUT2D eigenvalue weighted by molar-refractivity contribution is 5.75. The average molecular weight is 381 g/mol. The van der Waals surface area contributed by atoms with Gasteiger partial charge in [-0.3, -0.25) is 4.79 Å². The first kappa shape index (κ1) is 19.4. The van der Waals surface area contributed by atoms with Crippen molar-refractivity contribution in [2.75, 3.05) is 14.2 Å². The lowest BCUT2D eigenvalue weighted by atomic mass is 10.1. The molecule has 3 aromatic rings. The number of ether oxygens (including phenoxy) is 2. The summed E-state index contributed by atoms with van der Waals surface area (Å²) in [5, 5.41) is 6.77. The van der Waals surface area contributed by atoms with Crippen LogP contribution in [0.15, 0.2) is 53.1 Å². The van der Waals surface area contributed by atoms with Crippen LogP contribution in [0, 0.1) is 0 Å². The molecule has 0 radical (unpaired) electrons. The maximum atomic E-state index is 12.0. The Hall–Kier alpha value is -3.35. The van der Waals surface area contributed by atoms with E-state index >= 15 is 0 Å². The minimum absolute atomic E-state index is 0.0400. The Morgan fingerprint density at radius 2 is 1.86 bits per heavy atom. The van der Waals surface area contributed by atoms with Crippen molar-refractivity contribution >= 4 is 5.91 Å². The summed E-state index contributed by atoms with van der Waals surface area (Å²) in [7, 11) is 3.14. The number of hydrogen-bond donors (Lipinski definition) is 1. The number of aryl methyl sites for hydroxylation is 1. The molecule has 1 aromatic heterocycles. The molecule has 0 spiro atoms. The second kappa shape index (κ2) is 9.55. The summed E-state index contributed by atoms with van der Waals surface area (Å²) in [5.74, 6) is 1.94. The van der Waals surface area contributed by atoms with E-state index in [2.05, 4.69) is 27.6 Å². The molecule has 0 saturated carbocycles. The van der Waals surface area contributed by atoms with Gasteiger partial charge >= 0.3 is 0 Å². The fourth-order valence-electron chi connectivity index (χ4n) is 2.78. The molecule has 0 unspecified atom stereocenters. The van der Waals surface area contributed by atoms with E-state index in [0.29, 0.717) is 29.6 Å². The normalized spacial score (nSPS) is 10.5. The van der Waals surface area contributed by atoms with Gasteiger partial charge in [0.05, 0.1) is 20.8 Å². The molecular weight excluding hydrogens is 358 g/mol. The van der Waals surface area contributed by atoms with Crippen LogP contribution >= 0.6 is 0 Å². The van der Waals surface area contributed by atoms with Gasteiger partial charge in [-0.05, 0) is 36.6 Å². The Morgan fingerprint density at radius 3 is 2.61 bits per heavy atom. The van der Waals surface area contributed by atoms with Crippen molar-refractivity contribution in [3.63, 3.8) is 0 Å². The van der Waals surface area contributed by atoms with E-state index < -0.39 is 0 Å². The topological polar surface area (TPSA) is 86.5 Å². The fraction of sp³-hybridized carbons (Fsp3) is 0.286. The van der Waals surface area contributed by atoms with Crippen molar-refractivity contribution < 1.29 is 18.8 Å². The molecule has 2 aromatic carbocycles. The smallest absolute Gasteiger partial charge is 0.246 e. The van der Waals surface area contributed by atoms with E-state index in [9.17, 15) is 4.79 Å². The predicted molar refractivity (Wildman–Crippen MR) is 104 cm³/mol. The molecule has 3 rings (SSSR count). The van der Waals surface area contributed by atoms with Crippen LogP contribution in [0.4, 0.5) is 0 Å². The molecule has 0 bridgehead atoms. The number of amides is 1. The first-order valence-corrected chi connectivity index (χ1v) is 9.05. The highest BCUT2D eigenvalue weighted by atomic mass is 16.5. The summed E-state index contributed by atoms with van der Waals surface area (Å²) in [6.07, 6.45) is 2.11. The monoisotopic (exact) mass is 381 g/mol.